The van der Waals surface area contributed by atoms with Crippen LogP contribution in [0.2, 0.25) is 0 Å². The van der Waals surface area contributed by atoms with Crippen molar-refractivity contribution < 1.29 is 0 Å². The molecule has 12 heavy (non-hydrogen) atoms. The molecule has 0 heterocycles. The second-order valence-electron chi connectivity index (χ2n) is 2.53. The van der Waals surface area contributed by atoms with E-state index in [0.717, 1.165) is 18.8 Å². The zero-order chi connectivity index (χ0) is 8.65. The van der Waals surface area contributed by atoms with Gasteiger partial charge < -0.3 is 5.32 Å². The summed E-state index contributed by atoms with van der Waals surface area (Å²) in [6.07, 6.45) is 0. The molecule has 0 bridgehead atoms. The molecule has 1 aromatic carbocycles. The summed E-state index contributed by atoms with van der Waals surface area (Å²) >= 11 is 1.37. The van der Waals surface area contributed by atoms with E-state index in [2.05, 4.69) is 29.6 Å². The van der Waals surface area contributed by atoms with Gasteiger partial charge in [-0.3, -0.25) is 5.14 Å². The molecule has 0 amide bonds. The second-order valence-corrected chi connectivity index (χ2v) is 3.27. The van der Waals surface area contributed by atoms with E-state index < -0.39 is 0 Å². The van der Waals surface area contributed by atoms with Gasteiger partial charge in [-0.1, -0.05) is 42.3 Å². The number of rotatable bonds is 5. The smallest absolute Gasteiger partial charge is 0.0205 e. The standard InChI is InChI=1S/C9H14N2S/c10-12-7-6-11-8-9-4-2-1-3-5-9/h1-5,11H,6-8,10H2. The molecule has 3 heteroatoms. The van der Waals surface area contributed by atoms with Crippen molar-refractivity contribution in [2.45, 2.75) is 6.54 Å². The SMILES string of the molecule is NSCCNCc1ccccc1. The van der Waals surface area contributed by atoms with Crippen LogP contribution < -0.4 is 10.5 Å². The number of benzene rings is 1. The normalized spacial score (nSPS) is 10.1. The summed E-state index contributed by atoms with van der Waals surface area (Å²) in [4.78, 5) is 0. The summed E-state index contributed by atoms with van der Waals surface area (Å²) in [6, 6.07) is 10.4. The molecule has 0 radical (unpaired) electrons. The molecule has 3 N–H and O–H groups in total. The molecular weight excluding hydrogens is 168 g/mol. The van der Waals surface area contributed by atoms with Crippen molar-refractivity contribution >= 4 is 11.9 Å². The van der Waals surface area contributed by atoms with Crippen molar-refractivity contribution in [3.63, 3.8) is 0 Å². The van der Waals surface area contributed by atoms with Crippen LogP contribution in [0, 0.1) is 0 Å². The van der Waals surface area contributed by atoms with Gasteiger partial charge in [0.05, 0.1) is 0 Å². The van der Waals surface area contributed by atoms with Crippen molar-refractivity contribution in [1.29, 1.82) is 0 Å². The van der Waals surface area contributed by atoms with Gasteiger partial charge >= 0.3 is 0 Å². The highest BCUT2D eigenvalue weighted by Crippen LogP contribution is 1.96. The molecular formula is C9H14N2S. The van der Waals surface area contributed by atoms with Crippen LogP contribution in [0.25, 0.3) is 0 Å². The van der Waals surface area contributed by atoms with Gasteiger partial charge in [0.2, 0.25) is 0 Å². The molecule has 0 aliphatic carbocycles. The lowest BCUT2D eigenvalue weighted by Gasteiger charge is -2.02. The van der Waals surface area contributed by atoms with Gasteiger partial charge in [0.25, 0.3) is 0 Å². The molecule has 0 aliphatic heterocycles. The largest absolute Gasteiger partial charge is 0.312 e. The van der Waals surface area contributed by atoms with E-state index in [-0.39, 0.29) is 0 Å². The van der Waals surface area contributed by atoms with Crippen LogP contribution >= 0.6 is 11.9 Å². The van der Waals surface area contributed by atoms with Gasteiger partial charge in [0.15, 0.2) is 0 Å². The third-order valence-corrected chi connectivity index (χ3v) is 2.01. The predicted octanol–water partition coefficient (Wildman–Crippen LogP) is 1.38. The Morgan fingerprint density at radius 1 is 1.25 bits per heavy atom. The molecule has 0 saturated heterocycles. The highest BCUT2D eigenvalue weighted by molar-refractivity contribution is 7.97. The molecule has 0 fully saturated rings. The Balaban J connectivity index is 2.16. The van der Waals surface area contributed by atoms with E-state index in [4.69, 9.17) is 5.14 Å². The van der Waals surface area contributed by atoms with Crippen LogP contribution in [0.5, 0.6) is 0 Å². The first-order valence-corrected chi connectivity index (χ1v) is 5.04. The Morgan fingerprint density at radius 2 is 2.00 bits per heavy atom. The first-order chi connectivity index (χ1) is 5.93. The summed E-state index contributed by atoms with van der Waals surface area (Å²) in [5.74, 6) is 0.965. The van der Waals surface area contributed by atoms with Gasteiger partial charge in [-0.15, -0.1) is 0 Å². The van der Waals surface area contributed by atoms with E-state index in [1.54, 1.807) is 0 Å². The number of hydrogen-bond acceptors (Lipinski definition) is 3. The minimum absolute atomic E-state index is 0.932. The molecule has 66 valence electrons. The van der Waals surface area contributed by atoms with Gasteiger partial charge in [0.1, 0.15) is 0 Å². The lowest BCUT2D eigenvalue weighted by Crippen LogP contribution is -2.16. The maximum Gasteiger partial charge on any atom is 0.0205 e. The van der Waals surface area contributed by atoms with E-state index in [0.29, 0.717) is 0 Å². The average Bonchev–Trinajstić information content (AvgIpc) is 2.14. The van der Waals surface area contributed by atoms with E-state index in [1.807, 2.05) is 6.07 Å². The summed E-state index contributed by atoms with van der Waals surface area (Å²) in [5.41, 5.74) is 1.32. The third kappa shape index (κ3) is 3.76. The first kappa shape index (κ1) is 9.58. The van der Waals surface area contributed by atoms with Crippen LogP contribution in [-0.4, -0.2) is 12.3 Å². The molecule has 1 aromatic rings. The zero-order valence-electron chi connectivity index (χ0n) is 6.99. The summed E-state index contributed by atoms with van der Waals surface area (Å²) < 4.78 is 0. The maximum atomic E-state index is 5.28. The van der Waals surface area contributed by atoms with Crippen molar-refractivity contribution in [2.75, 3.05) is 12.3 Å². The number of nitrogens with two attached hydrogens (primary N) is 1. The predicted molar refractivity (Wildman–Crippen MR) is 54.8 cm³/mol. The average molecular weight is 182 g/mol. The fourth-order valence-electron chi connectivity index (χ4n) is 0.960. The van der Waals surface area contributed by atoms with Crippen LogP contribution in [-0.2, 0) is 6.54 Å². The Kier molecular flexibility index (Phi) is 4.83. The van der Waals surface area contributed by atoms with Gasteiger partial charge in [-0.2, -0.15) is 0 Å². The highest BCUT2D eigenvalue weighted by atomic mass is 32.2. The van der Waals surface area contributed by atoms with Gasteiger partial charge in [-0.05, 0) is 5.56 Å². The Labute approximate surface area is 77.7 Å². The maximum absolute atomic E-state index is 5.28. The quantitative estimate of drug-likeness (QED) is 0.534. The molecule has 0 spiro atoms. The number of nitrogens with one attached hydrogen (secondary N) is 1. The zero-order valence-corrected chi connectivity index (χ0v) is 7.81. The molecule has 1 rings (SSSR count). The fraction of sp³-hybridized carbons (Fsp3) is 0.333. The van der Waals surface area contributed by atoms with Crippen LogP contribution in [0.4, 0.5) is 0 Å². The van der Waals surface area contributed by atoms with Gasteiger partial charge in [0, 0.05) is 18.8 Å². The van der Waals surface area contributed by atoms with E-state index >= 15 is 0 Å². The highest BCUT2D eigenvalue weighted by Gasteiger charge is 1.89. The molecule has 0 aromatic heterocycles. The topological polar surface area (TPSA) is 38.0 Å². The van der Waals surface area contributed by atoms with Crippen LogP contribution in [0.3, 0.4) is 0 Å². The van der Waals surface area contributed by atoms with Crippen molar-refractivity contribution in [3.8, 4) is 0 Å². The monoisotopic (exact) mass is 182 g/mol. The minimum atomic E-state index is 0.932. The minimum Gasteiger partial charge on any atom is -0.312 e. The van der Waals surface area contributed by atoms with Crippen molar-refractivity contribution in [1.82, 2.24) is 5.32 Å². The number of hydrogen-bond donors (Lipinski definition) is 2. The van der Waals surface area contributed by atoms with Crippen LogP contribution in [0.15, 0.2) is 30.3 Å². The van der Waals surface area contributed by atoms with E-state index in [1.165, 1.54) is 17.5 Å². The Hall–Kier alpha value is -0.510. The van der Waals surface area contributed by atoms with Crippen LogP contribution in [0.1, 0.15) is 5.56 Å². The lowest BCUT2D eigenvalue weighted by molar-refractivity contribution is 0.732. The van der Waals surface area contributed by atoms with Crippen molar-refractivity contribution in [2.24, 2.45) is 5.14 Å². The summed E-state index contributed by atoms with van der Waals surface area (Å²) in [7, 11) is 0. The first-order valence-electron chi connectivity index (χ1n) is 4.00. The molecule has 0 unspecified atom stereocenters. The third-order valence-electron chi connectivity index (χ3n) is 1.57. The Bertz CT molecular complexity index is 201. The van der Waals surface area contributed by atoms with E-state index in [9.17, 15) is 0 Å². The molecule has 2 nitrogen and oxygen atoms in total. The fourth-order valence-corrected chi connectivity index (χ4v) is 1.22. The second kappa shape index (κ2) is 6.06. The molecule has 0 atom stereocenters. The lowest BCUT2D eigenvalue weighted by atomic mass is 10.2. The molecule has 0 saturated carbocycles. The summed E-state index contributed by atoms with van der Waals surface area (Å²) in [5, 5.41) is 8.59. The van der Waals surface area contributed by atoms with Crippen molar-refractivity contribution in [3.05, 3.63) is 35.9 Å². The summed E-state index contributed by atoms with van der Waals surface area (Å²) in [6.45, 7) is 1.90. The molecule has 0 aliphatic rings. The Morgan fingerprint density at radius 3 is 2.67 bits per heavy atom. The van der Waals surface area contributed by atoms with Gasteiger partial charge in [-0.25, -0.2) is 0 Å².